The molecule has 0 unspecified atom stereocenters. The summed E-state index contributed by atoms with van der Waals surface area (Å²) in [5.41, 5.74) is 1.34. The minimum atomic E-state index is 0. The molecule has 21 heavy (non-hydrogen) atoms. The number of nitriles is 2. The molecule has 2 rings (SSSR count). The van der Waals surface area contributed by atoms with Gasteiger partial charge < -0.3 is 34.0 Å². The first kappa shape index (κ1) is 19.2. The van der Waals surface area contributed by atoms with E-state index >= 15 is 0 Å². The molecule has 0 fully saturated rings. The van der Waals surface area contributed by atoms with Crippen molar-refractivity contribution < 1.29 is 43.1 Å². The summed E-state index contributed by atoms with van der Waals surface area (Å²) in [6.45, 7) is 1.69. The van der Waals surface area contributed by atoms with E-state index in [9.17, 15) is 0 Å². The zero-order valence-electron chi connectivity index (χ0n) is 11.3. The number of nitrogens with zero attached hydrogens (tertiary/aromatic N) is 4. The number of hydrogen-bond acceptors (Lipinski definition) is 2. The summed E-state index contributed by atoms with van der Waals surface area (Å²) < 4.78 is 4.01. The Morgan fingerprint density at radius 1 is 0.810 bits per heavy atom. The predicted octanol–water partition coefficient (Wildman–Crippen LogP) is -4.90. The molecule has 0 spiro atoms. The fourth-order valence-corrected chi connectivity index (χ4v) is 1.89. The van der Waals surface area contributed by atoms with Gasteiger partial charge >= 0.3 is 0 Å². The van der Waals surface area contributed by atoms with E-state index in [1.54, 1.807) is 12.1 Å². The maximum Gasteiger partial charge on any atom is 0.186 e. The molecule has 0 N–H and O–H groups in total. The fourth-order valence-electron chi connectivity index (χ4n) is 1.89. The van der Waals surface area contributed by atoms with Crippen LogP contribution in [0.25, 0.3) is 0 Å². The second-order valence-corrected chi connectivity index (χ2v) is 4.24. The van der Waals surface area contributed by atoms with Crippen LogP contribution in [-0.2, 0) is 13.1 Å². The molecule has 0 aliphatic rings. The Balaban J connectivity index is 0.00000200. The summed E-state index contributed by atoms with van der Waals surface area (Å²) in [4.78, 5) is 0. The van der Waals surface area contributed by atoms with Crippen LogP contribution in [0.3, 0.4) is 0 Å². The van der Waals surface area contributed by atoms with E-state index in [0.717, 1.165) is 19.5 Å². The quantitative estimate of drug-likeness (QED) is 0.475. The van der Waals surface area contributed by atoms with Crippen molar-refractivity contribution >= 4 is 0 Å². The number of aryl methyl sites for hydroxylation is 2. The van der Waals surface area contributed by atoms with Crippen LogP contribution in [0.2, 0.25) is 0 Å². The second-order valence-electron chi connectivity index (χ2n) is 4.24. The largest absolute Gasteiger partial charge is 1.00 e. The van der Waals surface area contributed by atoms with Gasteiger partial charge in [0.05, 0.1) is 6.42 Å². The van der Waals surface area contributed by atoms with Crippen LogP contribution in [0.5, 0.6) is 0 Å². The van der Waals surface area contributed by atoms with E-state index < -0.39 is 0 Å². The van der Waals surface area contributed by atoms with Crippen LogP contribution in [-0.4, -0.2) is 0 Å². The van der Waals surface area contributed by atoms with Gasteiger partial charge in [0.15, 0.2) is 37.9 Å². The van der Waals surface area contributed by atoms with Crippen molar-refractivity contribution in [1.82, 2.24) is 0 Å². The van der Waals surface area contributed by atoms with Crippen molar-refractivity contribution in [2.24, 2.45) is 0 Å². The topological polar surface area (TPSA) is 55.3 Å². The highest BCUT2D eigenvalue weighted by molar-refractivity contribution is 5.22. The SMILES string of the molecule is N#Cc1ccc[n+](CCC[n+]2cccc(C#N)c2)c1.[Br-].[Br-]. The Kier molecular flexibility index (Phi) is 9.20. The summed E-state index contributed by atoms with van der Waals surface area (Å²) >= 11 is 0. The molecule has 0 aliphatic carbocycles. The van der Waals surface area contributed by atoms with Gasteiger partial charge in [0.2, 0.25) is 0 Å². The highest BCUT2D eigenvalue weighted by Gasteiger charge is 2.06. The zero-order chi connectivity index (χ0) is 13.5. The normalized spacial score (nSPS) is 8.67. The lowest BCUT2D eigenvalue weighted by Crippen LogP contribution is -3.00. The first-order valence-electron chi connectivity index (χ1n) is 6.10. The molecule has 2 aromatic heterocycles. The van der Waals surface area contributed by atoms with Crippen molar-refractivity contribution in [2.75, 3.05) is 0 Å². The molecule has 0 saturated carbocycles. The lowest BCUT2D eigenvalue weighted by molar-refractivity contribution is -0.727. The minimum Gasteiger partial charge on any atom is -1.00 e. The van der Waals surface area contributed by atoms with Crippen molar-refractivity contribution in [3.05, 3.63) is 60.2 Å². The molecule has 108 valence electrons. The minimum absolute atomic E-state index is 0. The molecule has 0 aromatic carbocycles. The fraction of sp³-hybridized carbons (Fsp3) is 0.200. The van der Waals surface area contributed by atoms with Crippen molar-refractivity contribution in [3.8, 4) is 12.1 Å². The number of pyridine rings is 2. The molecule has 0 amide bonds. The lowest BCUT2D eigenvalue weighted by Gasteiger charge is -1.97. The first-order valence-corrected chi connectivity index (χ1v) is 6.10. The van der Waals surface area contributed by atoms with E-state index in [4.69, 9.17) is 10.5 Å². The maximum absolute atomic E-state index is 8.83. The average molecular weight is 410 g/mol. The Hall–Kier alpha value is -1.76. The third kappa shape index (κ3) is 6.03. The second kappa shape index (κ2) is 10.0. The smallest absolute Gasteiger partial charge is 0.186 e. The van der Waals surface area contributed by atoms with Gasteiger partial charge in [-0.15, -0.1) is 0 Å². The van der Waals surface area contributed by atoms with Gasteiger partial charge in [-0.3, -0.25) is 0 Å². The van der Waals surface area contributed by atoms with Crippen molar-refractivity contribution in [3.63, 3.8) is 0 Å². The predicted molar refractivity (Wildman–Crippen MR) is 67.3 cm³/mol. The first-order chi connectivity index (χ1) is 9.31. The molecule has 6 heteroatoms. The standard InChI is InChI=1S/C15H14N4.2BrH/c16-10-14-4-1-6-18(12-14)8-3-9-19-7-2-5-15(11-17)13-19;;/h1-2,4-7,12-13H,3,8-9H2;2*1H/q+2;;/p-2. The Morgan fingerprint density at radius 2 is 1.24 bits per heavy atom. The molecule has 0 bridgehead atoms. The third-order valence-corrected chi connectivity index (χ3v) is 2.81. The van der Waals surface area contributed by atoms with Crippen LogP contribution >= 0.6 is 0 Å². The molecule has 0 aliphatic heterocycles. The van der Waals surface area contributed by atoms with Crippen molar-refractivity contribution in [1.29, 1.82) is 10.5 Å². The van der Waals surface area contributed by atoms with Crippen LogP contribution in [0, 0.1) is 22.7 Å². The number of hydrogen-bond donors (Lipinski definition) is 0. The highest BCUT2D eigenvalue weighted by atomic mass is 79.9. The van der Waals surface area contributed by atoms with E-state index in [-0.39, 0.29) is 34.0 Å². The highest BCUT2D eigenvalue weighted by Crippen LogP contribution is 1.93. The van der Waals surface area contributed by atoms with E-state index in [2.05, 4.69) is 12.1 Å². The lowest BCUT2D eigenvalue weighted by atomic mass is 10.3. The summed E-state index contributed by atoms with van der Waals surface area (Å²) in [5, 5.41) is 17.7. The van der Waals surface area contributed by atoms with Gasteiger partial charge in [0.1, 0.15) is 23.3 Å². The third-order valence-electron chi connectivity index (χ3n) is 2.81. The Bertz CT molecular complexity index is 602. The van der Waals surface area contributed by atoms with E-state index in [1.807, 2.05) is 46.1 Å². The molecule has 4 nitrogen and oxygen atoms in total. The average Bonchev–Trinajstić information content (AvgIpc) is 2.48. The monoisotopic (exact) mass is 408 g/mol. The van der Waals surface area contributed by atoms with E-state index in [1.165, 1.54) is 0 Å². The summed E-state index contributed by atoms with van der Waals surface area (Å²) in [6, 6.07) is 11.6. The van der Waals surface area contributed by atoms with Crippen LogP contribution in [0.1, 0.15) is 17.5 Å². The number of halogens is 2. The maximum atomic E-state index is 8.83. The van der Waals surface area contributed by atoms with Crippen LogP contribution in [0.4, 0.5) is 0 Å². The van der Waals surface area contributed by atoms with Crippen LogP contribution in [0.15, 0.2) is 49.1 Å². The van der Waals surface area contributed by atoms with Gasteiger partial charge in [0.25, 0.3) is 0 Å². The Labute approximate surface area is 145 Å². The van der Waals surface area contributed by atoms with Gasteiger partial charge in [-0.25, -0.2) is 9.13 Å². The number of rotatable bonds is 4. The molecule has 0 saturated heterocycles. The van der Waals surface area contributed by atoms with Gasteiger partial charge in [-0.05, 0) is 12.1 Å². The summed E-state index contributed by atoms with van der Waals surface area (Å²) in [5.74, 6) is 0. The molecule has 2 aromatic rings. The van der Waals surface area contributed by atoms with Crippen LogP contribution < -0.4 is 43.1 Å². The molecular formula is C15H14Br2N4. The van der Waals surface area contributed by atoms with Gasteiger partial charge in [-0.1, -0.05) is 0 Å². The molecule has 2 heterocycles. The molecular weight excluding hydrogens is 396 g/mol. The molecule has 0 atom stereocenters. The summed E-state index contributed by atoms with van der Waals surface area (Å²) in [7, 11) is 0. The van der Waals surface area contributed by atoms with Gasteiger partial charge in [-0.2, -0.15) is 10.5 Å². The zero-order valence-corrected chi connectivity index (χ0v) is 14.5. The van der Waals surface area contributed by atoms with E-state index in [0.29, 0.717) is 11.1 Å². The number of aromatic nitrogens is 2. The van der Waals surface area contributed by atoms with Crippen molar-refractivity contribution in [2.45, 2.75) is 19.5 Å². The summed E-state index contributed by atoms with van der Waals surface area (Å²) in [6.07, 6.45) is 8.54. The van der Waals surface area contributed by atoms with Gasteiger partial charge in [0, 0.05) is 12.1 Å². The Morgan fingerprint density at radius 3 is 1.62 bits per heavy atom. The molecule has 0 radical (unpaired) electrons.